The smallest absolute Gasteiger partial charge is 0.166 e. The quantitative estimate of drug-likeness (QED) is 0.838. The van der Waals surface area contributed by atoms with Crippen LogP contribution in [0, 0.1) is 0 Å². The minimum Gasteiger partial charge on any atom is -0.490 e. The van der Waals surface area contributed by atoms with Crippen LogP contribution in [0.25, 0.3) is 0 Å². The zero-order valence-electron chi connectivity index (χ0n) is 11.4. The largest absolute Gasteiger partial charge is 0.490 e. The van der Waals surface area contributed by atoms with E-state index in [2.05, 4.69) is 21.2 Å². The highest BCUT2D eigenvalue weighted by Gasteiger charge is 2.14. The number of halogens is 2. The summed E-state index contributed by atoms with van der Waals surface area (Å²) in [5.41, 5.74) is 1.96. The molecule has 1 heterocycles. The maximum absolute atomic E-state index is 6.22. The second-order valence-corrected chi connectivity index (χ2v) is 6.10. The second kappa shape index (κ2) is 6.58. The Hall–Kier alpha value is -1.39. The average molecular weight is 369 g/mol. The molecule has 21 heavy (non-hydrogen) atoms. The van der Waals surface area contributed by atoms with Crippen LogP contribution in [0.3, 0.4) is 0 Å². The van der Waals surface area contributed by atoms with Gasteiger partial charge in [-0.1, -0.05) is 39.7 Å². The van der Waals surface area contributed by atoms with Crippen LogP contribution in [0.2, 0.25) is 5.02 Å². The molecule has 0 spiro atoms. The molecule has 3 nitrogen and oxygen atoms in total. The summed E-state index contributed by atoms with van der Waals surface area (Å²) in [5, 5.41) is 4.02. The molecule has 1 N–H and O–H groups in total. The number of benzene rings is 2. The summed E-state index contributed by atoms with van der Waals surface area (Å²) in [7, 11) is 0. The summed E-state index contributed by atoms with van der Waals surface area (Å²) in [4.78, 5) is 0. The van der Waals surface area contributed by atoms with Crippen LogP contribution in [0.15, 0.2) is 40.9 Å². The zero-order valence-corrected chi connectivity index (χ0v) is 13.7. The maximum atomic E-state index is 6.22. The molecule has 1 aliphatic heterocycles. The van der Waals surface area contributed by atoms with Gasteiger partial charge in [0.05, 0.1) is 23.9 Å². The van der Waals surface area contributed by atoms with Crippen LogP contribution in [-0.4, -0.2) is 13.2 Å². The lowest BCUT2D eigenvalue weighted by atomic mass is 10.1. The Balaban J connectivity index is 1.79. The van der Waals surface area contributed by atoms with Gasteiger partial charge in [0.1, 0.15) is 0 Å². The van der Waals surface area contributed by atoms with Crippen molar-refractivity contribution < 1.29 is 9.47 Å². The van der Waals surface area contributed by atoms with Crippen LogP contribution in [0.4, 0.5) is 5.69 Å². The number of ether oxygens (including phenoxy) is 2. The summed E-state index contributed by atoms with van der Waals surface area (Å²) in [6.45, 7) is 2.01. The summed E-state index contributed by atoms with van der Waals surface area (Å²) >= 11 is 9.62. The molecule has 5 heteroatoms. The van der Waals surface area contributed by atoms with Crippen molar-refractivity contribution >= 4 is 33.2 Å². The highest BCUT2D eigenvalue weighted by molar-refractivity contribution is 9.10. The van der Waals surface area contributed by atoms with Gasteiger partial charge in [0.15, 0.2) is 11.5 Å². The second-order valence-electron chi connectivity index (χ2n) is 4.77. The Morgan fingerprint density at radius 3 is 2.86 bits per heavy atom. The number of hydrogen-bond donors (Lipinski definition) is 1. The first-order valence-electron chi connectivity index (χ1n) is 6.80. The lowest BCUT2D eigenvalue weighted by Crippen LogP contribution is -2.04. The third-order valence-electron chi connectivity index (χ3n) is 3.25. The van der Waals surface area contributed by atoms with E-state index in [0.29, 0.717) is 24.8 Å². The molecule has 0 amide bonds. The zero-order chi connectivity index (χ0) is 14.7. The van der Waals surface area contributed by atoms with Gasteiger partial charge in [-0.15, -0.1) is 0 Å². The van der Waals surface area contributed by atoms with Gasteiger partial charge >= 0.3 is 0 Å². The lowest BCUT2D eigenvalue weighted by Gasteiger charge is -2.14. The molecule has 3 rings (SSSR count). The van der Waals surface area contributed by atoms with Crippen molar-refractivity contribution in [2.24, 2.45) is 0 Å². The number of hydrogen-bond acceptors (Lipinski definition) is 3. The molecule has 0 saturated heterocycles. The Kier molecular flexibility index (Phi) is 4.56. The summed E-state index contributed by atoms with van der Waals surface area (Å²) in [6.07, 6.45) is 0.903. The van der Waals surface area contributed by atoms with E-state index in [1.54, 1.807) is 0 Å². The summed E-state index contributed by atoms with van der Waals surface area (Å²) in [5.74, 6) is 1.64. The average Bonchev–Trinajstić information content (AvgIpc) is 2.72. The predicted octanol–water partition coefficient (Wildman–Crippen LogP) is 4.88. The topological polar surface area (TPSA) is 30.5 Å². The van der Waals surface area contributed by atoms with Gasteiger partial charge in [-0.3, -0.25) is 0 Å². The lowest BCUT2D eigenvalue weighted by molar-refractivity contribution is 0.296. The van der Waals surface area contributed by atoms with Crippen molar-refractivity contribution in [2.75, 3.05) is 18.5 Å². The van der Waals surface area contributed by atoms with Crippen LogP contribution in [0.5, 0.6) is 11.5 Å². The molecule has 110 valence electrons. The van der Waals surface area contributed by atoms with Gasteiger partial charge in [-0.2, -0.15) is 0 Å². The number of fused-ring (bicyclic) bond motifs is 1. The van der Waals surface area contributed by atoms with E-state index in [0.717, 1.165) is 33.6 Å². The molecule has 0 unspecified atom stereocenters. The van der Waals surface area contributed by atoms with E-state index >= 15 is 0 Å². The fourth-order valence-electron chi connectivity index (χ4n) is 2.22. The summed E-state index contributed by atoms with van der Waals surface area (Å²) < 4.78 is 12.5. The Bertz CT molecular complexity index is 648. The van der Waals surface area contributed by atoms with Crippen molar-refractivity contribution in [3.8, 4) is 11.5 Å². The fourth-order valence-corrected chi connectivity index (χ4v) is 2.96. The van der Waals surface area contributed by atoms with E-state index in [-0.39, 0.29) is 0 Å². The van der Waals surface area contributed by atoms with Crippen molar-refractivity contribution in [1.29, 1.82) is 0 Å². The van der Waals surface area contributed by atoms with Gasteiger partial charge in [0.2, 0.25) is 0 Å². The summed E-state index contributed by atoms with van der Waals surface area (Å²) in [6, 6.07) is 11.7. The standard InChI is InChI=1S/C16H15BrClNO2/c17-12-5-6-14(13(18)9-12)19-10-11-3-1-4-15-16(11)21-8-2-7-20-15/h1,3-6,9,19H,2,7-8,10H2. The van der Waals surface area contributed by atoms with E-state index in [4.69, 9.17) is 21.1 Å². The highest BCUT2D eigenvalue weighted by atomic mass is 79.9. The van der Waals surface area contributed by atoms with Crippen molar-refractivity contribution in [1.82, 2.24) is 0 Å². The van der Waals surface area contributed by atoms with Gasteiger partial charge in [-0.25, -0.2) is 0 Å². The molecule has 0 aliphatic carbocycles. The normalized spacial score (nSPS) is 13.6. The number of para-hydroxylation sites is 1. The molecule has 0 aromatic heterocycles. The van der Waals surface area contributed by atoms with E-state index in [9.17, 15) is 0 Å². The van der Waals surface area contributed by atoms with Crippen LogP contribution in [-0.2, 0) is 6.54 Å². The molecular weight excluding hydrogens is 354 g/mol. The van der Waals surface area contributed by atoms with E-state index in [1.165, 1.54) is 0 Å². The molecule has 2 aromatic carbocycles. The van der Waals surface area contributed by atoms with Crippen molar-refractivity contribution in [3.05, 3.63) is 51.5 Å². The monoisotopic (exact) mass is 367 g/mol. The Morgan fingerprint density at radius 2 is 2.00 bits per heavy atom. The fraction of sp³-hybridized carbons (Fsp3) is 0.250. The molecule has 0 bridgehead atoms. The van der Waals surface area contributed by atoms with Gasteiger partial charge < -0.3 is 14.8 Å². The first-order valence-corrected chi connectivity index (χ1v) is 7.97. The van der Waals surface area contributed by atoms with Crippen LogP contribution in [0.1, 0.15) is 12.0 Å². The molecule has 0 radical (unpaired) electrons. The molecule has 0 fully saturated rings. The molecule has 2 aromatic rings. The molecule has 0 saturated carbocycles. The number of anilines is 1. The van der Waals surface area contributed by atoms with Gasteiger partial charge in [0, 0.05) is 23.0 Å². The first-order chi connectivity index (χ1) is 10.2. The van der Waals surface area contributed by atoms with Crippen LogP contribution >= 0.6 is 27.5 Å². The molecule has 1 aliphatic rings. The molecule has 0 atom stereocenters. The van der Waals surface area contributed by atoms with Crippen molar-refractivity contribution in [3.63, 3.8) is 0 Å². The minimum atomic E-state index is 0.633. The van der Waals surface area contributed by atoms with E-state index < -0.39 is 0 Å². The number of rotatable bonds is 3. The Labute approximate surface area is 137 Å². The minimum absolute atomic E-state index is 0.633. The van der Waals surface area contributed by atoms with Gasteiger partial charge in [0.25, 0.3) is 0 Å². The van der Waals surface area contributed by atoms with Crippen molar-refractivity contribution in [2.45, 2.75) is 13.0 Å². The maximum Gasteiger partial charge on any atom is 0.166 e. The van der Waals surface area contributed by atoms with E-state index in [1.807, 2.05) is 36.4 Å². The van der Waals surface area contributed by atoms with Gasteiger partial charge in [-0.05, 0) is 24.3 Å². The third kappa shape index (κ3) is 3.44. The molecular formula is C16H15BrClNO2. The third-order valence-corrected chi connectivity index (χ3v) is 4.06. The Morgan fingerprint density at radius 1 is 1.14 bits per heavy atom. The highest BCUT2D eigenvalue weighted by Crippen LogP contribution is 2.34. The van der Waals surface area contributed by atoms with Crippen LogP contribution < -0.4 is 14.8 Å². The first kappa shape index (κ1) is 14.5. The number of nitrogens with one attached hydrogen (secondary N) is 1. The SMILES string of the molecule is Clc1cc(Br)ccc1NCc1cccc2c1OCCCO2. The predicted molar refractivity (Wildman–Crippen MR) is 88.5 cm³/mol.